The second kappa shape index (κ2) is 4.14. The van der Waals surface area contributed by atoms with Gasteiger partial charge in [-0.15, -0.1) is 5.10 Å². The standard InChI is InChI=1S/C9H11N5O/c1-7-9(14-6-10-12-13-14)4-3-8(11-7)5-15-2/h3-4,6H,5H2,1-2H3. The van der Waals surface area contributed by atoms with Gasteiger partial charge in [-0.25, -0.2) is 0 Å². The van der Waals surface area contributed by atoms with E-state index in [2.05, 4.69) is 20.5 Å². The highest BCUT2D eigenvalue weighted by atomic mass is 16.5. The van der Waals surface area contributed by atoms with Gasteiger partial charge in [-0.2, -0.15) is 4.68 Å². The van der Waals surface area contributed by atoms with Gasteiger partial charge in [0.2, 0.25) is 0 Å². The van der Waals surface area contributed by atoms with Gasteiger partial charge in [0.05, 0.1) is 23.7 Å². The van der Waals surface area contributed by atoms with Gasteiger partial charge in [0, 0.05) is 7.11 Å². The smallest absolute Gasteiger partial charge is 0.143 e. The molecule has 0 spiro atoms. The molecule has 0 atom stereocenters. The van der Waals surface area contributed by atoms with E-state index < -0.39 is 0 Å². The van der Waals surface area contributed by atoms with Crippen LogP contribution in [0.2, 0.25) is 0 Å². The highest BCUT2D eigenvalue weighted by molar-refractivity contribution is 5.35. The summed E-state index contributed by atoms with van der Waals surface area (Å²) in [4.78, 5) is 4.38. The fourth-order valence-electron chi connectivity index (χ4n) is 1.35. The molecular weight excluding hydrogens is 194 g/mol. The third-order valence-electron chi connectivity index (χ3n) is 2.00. The number of nitrogens with zero attached hydrogens (tertiary/aromatic N) is 5. The molecular formula is C9H11N5O. The molecule has 2 aromatic rings. The summed E-state index contributed by atoms with van der Waals surface area (Å²) in [6.45, 7) is 2.42. The molecule has 0 saturated carbocycles. The molecule has 2 rings (SSSR count). The molecule has 0 radical (unpaired) electrons. The van der Waals surface area contributed by atoms with Crippen molar-refractivity contribution in [1.82, 2.24) is 25.2 Å². The molecule has 2 aromatic heterocycles. The number of ether oxygens (including phenoxy) is 1. The minimum atomic E-state index is 0.511. The zero-order valence-corrected chi connectivity index (χ0v) is 8.58. The minimum Gasteiger partial charge on any atom is -0.378 e. The van der Waals surface area contributed by atoms with E-state index >= 15 is 0 Å². The Morgan fingerprint density at radius 1 is 1.40 bits per heavy atom. The lowest BCUT2D eigenvalue weighted by Gasteiger charge is -2.05. The Morgan fingerprint density at radius 3 is 2.87 bits per heavy atom. The van der Waals surface area contributed by atoms with Crippen LogP contribution >= 0.6 is 0 Å². The van der Waals surface area contributed by atoms with Gasteiger partial charge in [-0.3, -0.25) is 4.98 Å². The monoisotopic (exact) mass is 205 g/mol. The molecule has 0 aliphatic carbocycles. The van der Waals surface area contributed by atoms with Crippen LogP contribution in [0.4, 0.5) is 0 Å². The van der Waals surface area contributed by atoms with E-state index in [1.54, 1.807) is 18.1 Å². The predicted molar refractivity (Wildman–Crippen MR) is 52.4 cm³/mol. The van der Waals surface area contributed by atoms with Gasteiger partial charge in [-0.1, -0.05) is 0 Å². The van der Waals surface area contributed by atoms with Crippen LogP contribution in [0.3, 0.4) is 0 Å². The highest BCUT2D eigenvalue weighted by Gasteiger charge is 2.04. The first-order valence-corrected chi connectivity index (χ1v) is 4.50. The average Bonchev–Trinajstić information content (AvgIpc) is 2.71. The minimum absolute atomic E-state index is 0.511. The van der Waals surface area contributed by atoms with Crippen molar-refractivity contribution in [2.75, 3.05) is 7.11 Å². The molecule has 0 bridgehead atoms. The predicted octanol–water partition coefficient (Wildman–Crippen LogP) is 0.512. The van der Waals surface area contributed by atoms with Gasteiger partial charge in [0.25, 0.3) is 0 Å². The van der Waals surface area contributed by atoms with Crippen LogP contribution in [0.1, 0.15) is 11.4 Å². The molecule has 6 heteroatoms. The van der Waals surface area contributed by atoms with Gasteiger partial charge in [0.1, 0.15) is 6.33 Å². The number of tetrazole rings is 1. The molecule has 0 N–H and O–H groups in total. The molecule has 0 amide bonds. The third-order valence-corrected chi connectivity index (χ3v) is 2.00. The van der Waals surface area contributed by atoms with E-state index in [0.717, 1.165) is 17.1 Å². The molecule has 0 aliphatic heterocycles. The van der Waals surface area contributed by atoms with Crippen molar-refractivity contribution in [2.24, 2.45) is 0 Å². The maximum Gasteiger partial charge on any atom is 0.143 e. The SMILES string of the molecule is COCc1ccc(-n2cnnn2)c(C)n1. The second-order valence-electron chi connectivity index (χ2n) is 3.09. The maximum atomic E-state index is 5.00. The summed E-state index contributed by atoms with van der Waals surface area (Å²) in [7, 11) is 1.65. The summed E-state index contributed by atoms with van der Waals surface area (Å²) < 4.78 is 6.59. The van der Waals surface area contributed by atoms with Gasteiger partial charge < -0.3 is 4.74 Å². The summed E-state index contributed by atoms with van der Waals surface area (Å²) in [6, 6.07) is 3.82. The summed E-state index contributed by atoms with van der Waals surface area (Å²) in [6.07, 6.45) is 1.54. The van der Waals surface area contributed by atoms with E-state index in [4.69, 9.17) is 4.74 Å². The molecule has 0 aliphatic rings. The number of hydrogen-bond donors (Lipinski definition) is 0. The lowest BCUT2D eigenvalue weighted by atomic mass is 10.3. The fourth-order valence-corrected chi connectivity index (χ4v) is 1.35. The molecule has 78 valence electrons. The van der Waals surface area contributed by atoms with Crippen molar-refractivity contribution in [3.63, 3.8) is 0 Å². The quantitative estimate of drug-likeness (QED) is 0.730. The van der Waals surface area contributed by atoms with Crippen molar-refractivity contribution < 1.29 is 4.74 Å². The second-order valence-corrected chi connectivity index (χ2v) is 3.09. The number of rotatable bonds is 3. The Hall–Kier alpha value is -1.82. The van der Waals surface area contributed by atoms with E-state index in [0.29, 0.717) is 6.61 Å². The number of hydrogen-bond acceptors (Lipinski definition) is 5. The van der Waals surface area contributed by atoms with Gasteiger partial charge >= 0.3 is 0 Å². The van der Waals surface area contributed by atoms with Crippen molar-refractivity contribution in [3.8, 4) is 5.69 Å². The zero-order valence-electron chi connectivity index (χ0n) is 8.58. The van der Waals surface area contributed by atoms with Crippen molar-refractivity contribution in [1.29, 1.82) is 0 Å². The van der Waals surface area contributed by atoms with Crippen molar-refractivity contribution in [3.05, 3.63) is 29.8 Å². The molecule has 0 fully saturated rings. The highest BCUT2D eigenvalue weighted by Crippen LogP contribution is 2.10. The lowest BCUT2D eigenvalue weighted by Crippen LogP contribution is -2.02. The molecule has 0 unspecified atom stereocenters. The van der Waals surface area contributed by atoms with E-state index in [1.807, 2.05) is 19.1 Å². The van der Waals surface area contributed by atoms with Gasteiger partial charge in [-0.05, 0) is 29.5 Å². The van der Waals surface area contributed by atoms with Crippen LogP contribution in [-0.2, 0) is 11.3 Å². The first-order valence-electron chi connectivity index (χ1n) is 4.50. The third kappa shape index (κ3) is 1.99. The average molecular weight is 205 g/mol. The van der Waals surface area contributed by atoms with Crippen LogP contribution < -0.4 is 0 Å². The summed E-state index contributed by atoms with van der Waals surface area (Å²) in [5.41, 5.74) is 2.64. The summed E-state index contributed by atoms with van der Waals surface area (Å²) in [5.74, 6) is 0. The van der Waals surface area contributed by atoms with Crippen LogP contribution in [-0.4, -0.2) is 32.3 Å². The van der Waals surface area contributed by atoms with Crippen LogP contribution in [0.5, 0.6) is 0 Å². The van der Waals surface area contributed by atoms with E-state index in [-0.39, 0.29) is 0 Å². The zero-order chi connectivity index (χ0) is 10.7. The summed E-state index contributed by atoms with van der Waals surface area (Å²) in [5, 5.41) is 11.0. The van der Waals surface area contributed by atoms with E-state index in [9.17, 15) is 0 Å². The Labute approximate surface area is 86.9 Å². The Morgan fingerprint density at radius 2 is 2.27 bits per heavy atom. The van der Waals surface area contributed by atoms with Crippen molar-refractivity contribution >= 4 is 0 Å². The largest absolute Gasteiger partial charge is 0.378 e. The topological polar surface area (TPSA) is 65.7 Å². The molecule has 6 nitrogen and oxygen atoms in total. The normalized spacial score (nSPS) is 10.5. The molecule has 0 aromatic carbocycles. The number of aryl methyl sites for hydroxylation is 1. The van der Waals surface area contributed by atoms with Gasteiger partial charge in [0.15, 0.2) is 0 Å². The van der Waals surface area contributed by atoms with E-state index in [1.165, 1.54) is 0 Å². The molecule has 2 heterocycles. The number of aromatic nitrogens is 5. The first-order chi connectivity index (χ1) is 7.31. The number of methoxy groups -OCH3 is 1. The Kier molecular flexibility index (Phi) is 2.68. The first kappa shape index (κ1) is 9.72. The van der Waals surface area contributed by atoms with Crippen LogP contribution in [0, 0.1) is 6.92 Å². The van der Waals surface area contributed by atoms with Crippen LogP contribution in [0.15, 0.2) is 18.5 Å². The summed E-state index contributed by atoms with van der Waals surface area (Å²) >= 11 is 0. The molecule has 15 heavy (non-hydrogen) atoms. The lowest BCUT2D eigenvalue weighted by molar-refractivity contribution is 0.181. The number of pyridine rings is 1. The van der Waals surface area contributed by atoms with Crippen molar-refractivity contribution in [2.45, 2.75) is 13.5 Å². The fraction of sp³-hybridized carbons (Fsp3) is 0.333. The Bertz CT molecular complexity index is 440. The Balaban J connectivity index is 2.35. The maximum absolute atomic E-state index is 5.00. The molecule has 0 saturated heterocycles. The van der Waals surface area contributed by atoms with Crippen LogP contribution in [0.25, 0.3) is 5.69 Å².